The Balaban J connectivity index is 2.55. The van der Waals surface area contributed by atoms with Gasteiger partial charge in [0.2, 0.25) is 0 Å². The normalized spacial score (nSPS) is 19.8. The number of rotatable bonds is 1. The Hall–Kier alpha value is -1.02. The van der Waals surface area contributed by atoms with E-state index in [4.69, 9.17) is 5.73 Å². The van der Waals surface area contributed by atoms with Crippen molar-refractivity contribution in [3.05, 3.63) is 28.8 Å². The molecule has 3 N–H and O–H groups in total. The number of fused-ring (bicyclic) bond motifs is 1. The predicted octanol–water partition coefficient (Wildman–Crippen LogP) is 1.77. The lowest BCUT2D eigenvalue weighted by Gasteiger charge is -2.10. The van der Waals surface area contributed by atoms with Crippen LogP contribution in [0.15, 0.2) is 12.1 Å². The minimum absolute atomic E-state index is 0.509. The number of hydrogen-bond acceptors (Lipinski definition) is 2. The van der Waals surface area contributed by atoms with E-state index >= 15 is 0 Å². The van der Waals surface area contributed by atoms with E-state index in [0.717, 1.165) is 13.1 Å². The summed E-state index contributed by atoms with van der Waals surface area (Å²) in [5.41, 5.74) is 11.2. The van der Waals surface area contributed by atoms with Crippen LogP contribution in [0.1, 0.15) is 22.6 Å². The highest BCUT2D eigenvalue weighted by atomic mass is 14.9. The maximum atomic E-state index is 5.73. The Morgan fingerprint density at radius 1 is 1.38 bits per heavy atom. The van der Waals surface area contributed by atoms with Gasteiger partial charge < -0.3 is 11.1 Å². The molecular formula is C11H16N2. The lowest BCUT2D eigenvalue weighted by Crippen LogP contribution is -2.14. The van der Waals surface area contributed by atoms with Gasteiger partial charge >= 0.3 is 0 Å². The van der Waals surface area contributed by atoms with Crippen LogP contribution in [-0.2, 0) is 0 Å². The van der Waals surface area contributed by atoms with Crippen LogP contribution < -0.4 is 11.1 Å². The van der Waals surface area contributed by atoms with E-state index in [9.17, 15) is 0 Å². The van der Waals surface area contributed by atoms with Crippen molar-refractivity contribution in [2.75, 3.05) is 18.4 Å². The Bertz CT molecular complexity index is 331. The first kappa shape index (κ1) is 8.57. The van der Waals surface area contributed by atoms with E-state index in [2.05, 4.69) is 31.3 Å². The lowest BCUT2D eigenvalue weighted by atomic mass is 9.95. The van der Waals surface area contributed by atoms with Crippen molar-refractivity contribution < 1.29 is 0 Å². The molecule has 0 aromatic heterocycles. The fraction of sp³-hybridized carbons (Fsp3) is 0.455. The first-order valence-electron chi connectivity index (χ1n) is 4.78. The van der Waals surface area contributed by atoms with Crippen molar-refractivity contribution in [3.8, 4) is 0 Å². The third-order valence-corrected chi connectivity index (χ3v) is 2.89. The summed E-state index contributed by atoms with van der Waals surface area (Å²) in [7, 11) is 0. The predicted molar refractivity (Wildman–Crippen MR) is 56.2 cm³/mol. The van der Waals surface area contributed by atoms with Crippen LogP contribution in [0.2, 0.25) is 0 Å². The number of nitrogens with two attached hydrogens (primary N) is 1. The number of nitrogens with one attached hydrogen (secondary N) is 1. The first-order chi connectivity index (χ1) is 6.24. The van der Waals surface area contributed by atoms with Crippen LogP contribution in [0.3, 0.4) is 0 Å². The molecule has 2 heteroatoms. The first-order valence-corrected chi connectivity index (χ1v) is 4.78. The summed E-state index contributed by atoms with van der Waals surface area (Å²) in [6.45, 7) is 6.04. The molecule has 0 bridgehead atoms. The highest BCUT2D eigenvalue weighted by molar-refractivity contribution is 5.65. The van der Waals surface area contributed by atoms with Crippen LogP contribution >= 0.6 is 0 Å². The molecule has 1 aliphatic heterocycles. The molecule has 1 aromatic carbocycles. The zero-order chi connectivity index (χ0) is 9.42. The van der Waals surface area contributed by atoms with Gasteiger partial charge in [-0.1, -0.05) is 12.1 Å². The van der Waals surface area contributed by atoms with Gasteiger partial charge in [0.15, 0.2) is 0 Å². The molecule has 0 spiro atoms. The van der Waals surface area contributed by atoms with E-state index in [1.165, 1.54) is 22.4 Å². The highest BCUT2D eigenvalue weighted by Gasteiger charge is 2.23. The topological polar surface area (TPSA) is 38.0 Å². The van der Waals surface area contributed by atoms with Gasteiger partial charge in [0.05, 0.1) is 0 Å². The Morgan fingerprint density at radius 2 is 2.08 bits per heavy atom. The summed E-state index contributed by atoms with van der Waals surface area (Å²) in [4.78, 5) is 0. The van der Waals surface area contributed by atoms with Crippen molar-refractivity contribution >= 4 is 5.69 Å². The van der Waals surface area contributed by atoms with Crippen LogP contribution in [0.25, 0.3) is 0 Å². The molecule has 0 saturated heterocycles. The van der Waals surface area contributed by atoms with Crippen molar-refractivity contribution in [3.63, 3.8) is 0 Å². The second-order valence-corrected chi connectivity index (χ2v) is 3.80. The molecule has 0 radical (unpaired) electrons. The maximum absolute atomic E-state index is 5.73. The molecule has 0 amide bonds. The summed E-state index contributed by atoms with van der Waals surface area (Å²) >= 11 is 0. The molecule has 2 nitrogen and oxygen atoms in total. The molecule has 0 fully saturated rings. The van der Waals surface area contributed by atoms with Crippen LogP contribution in [-0.4, -0.2) is 13.1 Å². The minimum atomic E-state index is 0.509. The van der Waals surface area contributed by atoms with E-state index in [-0.39, 0.29) is 0 Å². The van der Waals surface area contributed by atoms with Gasteiger partial charge in [0.1, 0.15) is 0 Å². The monoisotopic (exact) mass is 176 g/mol. The van der Waals surface area contributed by atoms with E-state index < -0.39 is 0 Å². The fourth-order valence-corrected chi connectivity index (χ4v) is 2.12. The Kier molecular flexibility index (Phi) is 2.00. The molecule has 0 saturated carbocycles. The number of anilines is 1. The molecule has 1 aromatic rings. The SMILES string of the molecule is Cc1ccc(C)c2c1NCC2CN. The third-order valence-electron chi connectivity index (χ3n) is 2.89. The average molecular weight is 176 g/mol. The summed E-state index contributed by atoms with van der Waals surface area (Å²) in [5, 5.41) is 3.43. The van der Waals surface area contributed by atoms with Crippen molar-refractivity contribution in [1.29, 1.82) is 0 Å². The highest BCUT2D eigenvalue weighted by Crippen LogP contribution is 2.35. The zero-order valence-electron chi connectivity index (χ0n) is 8.22. The lowest BCUT2D eigenvalue weighted by molar-refractivity contribution is 0.762. The summed E-state index contributed by atoms with van der Waals surface area (Å²) in [6.07, 6.45) is 0. The molecular weight excluding hydrogens is 160 g/mol. The molecule has 13 heavy (non-hydrogen) atoms. The average Bonchev–Trinajstić information content (AvgIpc) is 2.56. The summed E-state index contributed by atoms with van der Waals surface area (Å²) in [6, 6.07) is 4.35. The van der Waals surface area contributed by atoms with E-state index in [1.54, 1.807) is 0 Å². The van der Waals surface area contributed by atoms with Gasteiger partial charge in [-0.25, -0.2) is 0 Å². The van der Waals surface area contributed by atoms with Gasteiger partial charge in [-0.3, -0.25) is 0 Å². The van der Waals surface area contributed by atoms with E-state index in [0.29, 0.717) is 5.92 Å². The van der Waals surface area contributed by atoms with Crippen molar-refractivity contribution in [2.45, 2.75) is 19.8 Å². The van der Waals surface area contributed by atoms with Crippen LogP contribution in [0, 0.1) is 13.8 Å². The molecule has 1 aliphatic rings. The third kappa shape index (κ3) is 1.22. The van der Waals surface area contributed by atoms with Crippen LogP contribution in [0.4, 0.5) is 5.69 Å². The number of benzene rings is 1. The molecule has 1 heterocycles. The van der Waals surface area contributed by atoms with Gasteiger partial charge in [-0.05, 0) is 30.5 Å². The fourth-order valence-electron chi connectivity index (χ4n) is 2.12. The summed E-state index contributed by atoms with van der Waals surface area (Å²) < 4.78 is 0. The van der Waals surface area contributed by atoms with Gasteiger partial charge in [-0.15, -0.1) is 0 Å². The van der Waals surface area contributed by atoms with Crippen molar-refractivity contribution in [1.82, 2.24) is 0 Å². The maximum Gasteiger partial charge on any atom is 0.0409 e. The van der Waals surface area contributed by atoms with Gasteiger partial charge in [-0.2, -0.15) is 0 Å². The second-order valence-electron chi connectivity index (χ2n) is 3.80. The molecule has 0 aliphatic carbocycles. The summed E-state index contributed by atoms with van der Waals surface area (Å²) in [5.74, 6) is 0.509. The second kappa shape index (κ2) is 3.04. The molecule has 70 valence electrons. The Morgan fingerprint density at radius 3 is 2.77 bits per heavy atom. The van der Waals surface area contributed by atoms with Crippen molar-refractivity contribution in [2.24, 2.45) is 5.73 Å². The zero-order valence-corrected chi connectivity index (χ0v) is 8.22. The smallest absolute Gasteiger partial charge is 0.0409 e. The minimum Gasteiger partial charge on any atom is -0.384 e. The molecule has 2 rings (SSSR count). The van der Waals surface area contributed by atoms with Crippen LogP contribution in [0.5, 0.6) is 0 Å². The standard InChI is InChI=1S/C11H16N2/c1-7-3-4-8(2)11-10(7)9(5-12)6-13-11/h3-4,9,13H,5-6,12H2,1-2H3. The number of aryl methyl sites for hydroxylation is 2. The molecule has 1 atom stereocenters. The number of hydrogen-bond donors (Lipinski definition) is 2. The van der Waals surface area contributed by atoms with Gasteiger partial charge in [0.25, 0.3) is 0 Å². The van der Waals surface area contributed by atoms with Gasteiger partial charge in [0, 0.05) is 24.7 Å². The van der Waals surface area contributed by atoms with E-state index in [1.807, 2.05) is 0 Å². The Labute approximate surface area is 79.1 Å². The quantitative estimate of drug-likeness (QED) is 0.684. The largest absolute Gasteiger partial charge is 0.384 e. The molecule has 1 unspecified atom stereocenters.